The number of nitrogen functional groups attached to an aromatic ring is 1. The predicted molar refractivity (Wildman–Crippen MR) is 102 cm³/mol. The van der Waals surface area contributed by atoms with Gasteiger partial charge in [-0.15, -0.1) is 0 Å². The van der Waals surface area contributed by atoms with E-state index in [1.54, 1.807) is 0 Å². The quantitative estimate of drug-likeness (QED) is 0.598. The van der Waals surface area contributed by atoms with E-state index in [2.05, 4.69) is 18.2 Å². The summed E-state index contributed by atoms with van der Waals surface area (Å²) in [4.78, 5) is 5.04. The first kappa shape index (κ1) is 14.8. The van der Waals surface area contributed by atoms with Crippen molar-refractivity contribution in [3.63, 3.8) is 0 Å². The van der Waals surface area contributed by atoms with Crippen LogP contribution in [0.25, 0.3) is 22.2 Å². The van der Waals surface area contributed by atoms with E-state index in [9.17, 15) is 0 Å². The van der Waals surface area contributed by atoms with Crippen molar-refractivity contribution in [1.29, 1.82) is 0 Å². The van der Waals surface area contributed by atoms with Crippen molar-refractivity contribution in [1.82, 2.24) is 4.98 Å². The maximum Gasteiger partial charge on any atom is 0.138 e. The van der Waals surface area contributed by atoms with E-state index in [0.717, 1.165) is 52.0 Å². The number of anilines is 1. The van der Waals surface area contributed by atoms with E-state index < -0.39 is 0 Å². The molecule has 2 aliphatic rings. The van der Waals surface area contributed by atoms with Gasteiger partial charge in [0.2, 0.25) is 0 Å². The van der Waals surface area contributed by atoms with Gasteiger partial charge in [-0.2, -0.15) is 0 Å². The van der Waals surface area contributed by atoms with Gasteiger partial charge in [0.05, 0.1) is 16.9 Å². The Morgan fingerprint density at radius 2 is 1.60 bits per heavy atom. The highest BCUT2D eigenvalue weighted by Gasteiger charge is 2.43. The summed E-state index contributed by atoms with van der Waals surface area (Å²) in [5.41, 5.74) is 11.4. The van der Waals surface area contributed by atoms with Crippen molar-refractivity contribution in [3.05, 3.63) is 54.1 Å². The third kappa shape index (κ3) is 2.15. The maximum atomic E-state index is 6.73. The second kappa shape index (κ2) is 5.48. The smallest absolute Gasteiger partial charge is 0.138 e. The molecule has 0 bridgehead atoms. The van der Waals surface area contributed by atoms with Crippen LogP contribution >= 0.6 is 0 Å². The van der Waals surface area contributed by atoms with Gasteiger partial charge >= 0.3 is 0 Å². The molecule has 5 rings (SSSR count). The summed E-state index contributed by atoms with van der Waals surface area (Å²) < 4.78 is 6.68. The first-order valence-electron chi connectivity index (χ1n) is 9.26. The van der Waals surface area contributed by atoms with Crippen LogP contribution < -0.4 is 10.5 Å². The largest absolute Gasteiger partial charge is 0.482 e. The fraction of sp³-hybridized carbons (Fsp3) is 0.318. The van der Waals surface area contributed by atoms with Crippen molar-refractivity contribution in [2.45, 2.75) is 44.1 Å². The standard InChI is InChI=1S/C22H22N2O/c23-20-15-9-3-5-11-17(15)24-21-16-10-4-6-12-18(16)25-22(19(20)21)13-7-1-2-8-14-22/h3-6,9-12H,1-2,7-8,13-14H2,(H2,23,24). The van der Waals surface area contributed by atoms with Crippen molar-refractivity contribution in [2.75, 3.05) is 5.73 Å². The normalized spacial score (nSPS) is 18.2. The van der Waals surface area contributed by atoms with Crippen LogP contribution in [-0.4, -0.2) is 4.98 Å². The summed E-state index contributed by atoms with van der Waals surface area (Å²) in [5, 5.41) is 1.04. The van der Waals surface area contributed by atoms with Crippen LogP contribution in [0.4, 0.5) is 5.69 Å². The molecule has 3 aromatic rings. The molecule has 0 amide bonds. The van der Waals surface area contributed by atoms with Crippen LogP contribution in [0.3, 0.4) is 0 Å². The lowest BCUT2D eigenvalue weighted by Gasteiger charge is -2.40. The highest BCUT2D eigenvalue weighted by atomic mass is 16.5. The molecule has 126 valence electrons. The van der Waals surface area contributed by atoms with E-state index in [0.29, 0.717) is 0 Å². The van der Waals surface area contributed by atoms with Gasteiger partial charge in [0.15, 0.2) is 0 Å². The molecule has 2 heterocycles. The van der Waals surface area contributed by atoms with E-state index in [4.69, 9.17) is 15.5 Å². The number of ether oxygens (including phenoxy) is 1. The van der Waals surface area contributed by atoms with Crippen LogP contribution in [0, 0.1) is 0 Å². The molecule has 0 saturated heterocycles. The number of fused-ring (bicyclic) bond motifs is 5. The molecule has 1 aliphatic heterocycles. The molecule has 1 aliphatic carbocycles. The summed E-state index contributed by atoms with van der Waals surface area (Å²) in [6.07, 6.45) is 6.91. The van der Waals surface area contributed by atoms with Gasteiger partial charge in [0.1, 0.15) is 11.4 Å². The molecule has 3 heteroatoms. The first-order chi connectivity index (χ1) is 12.3. The Labute approximate surface area is 147 Å². The van der Waals surface area contributed by atoms with Gasteiger partial charge in [0, 0.05) is 16.5 Å². The first-order valence-corrected chi connectivity index (χ1v) is 9.26. The molecular formula is C22H22N2O. The Morgan fingerprint density at radius 1 is 0.880 bits per heavy atom. The molecule has 1 saturated carbocycles. The molecule has 0 atom stereocenters. The van der Waals surface area contributed by atoms with Crippen LogP contribution in [0.15, 0.2) is 48.5 Å². The lowest BCUT2D eigenvalue weighted by atomic mass is 9.79. The molecule has 2 aromatic carbocycles. The monoisotopic (exact) mass is 330 g/mol. The van der Waals surface area contributed by atoms with Gasteiger partial charge in [-0.25, -0.2) is 4.98 Å². The van der Waals surface area contributed by atoms with E-state index in [1.165, 1.54) is 25.7 Å². The fourth-order valence-electron chi connectivity index (χ4n) is 4.56. The number of para-hydroxylation sites is 2. The Bertz CT molecular complexity index is 955. The highest BCUT2D eigenvalue weighted by Crippen LogP contribution is 2.52. The number of aromatic nitrogens is 1. The molecular weight excluding hydrogens is 308 g/mol. The number of benzene rings is 2. The summed E-state index contributed by atoms with van der Waals surface area (Å²) in [6.45, 7) is 0. The van der Waals surface area contributed by atoms with Gasteiger partial charge in [0.25, 0.3) is 0 Å². The minimum atomic E-state index is -0.332. The minimum absolute atomic E-state index is 0.332. The lowest BCUT2D eigenvalue weighted by Crippen LogP contribution is -2.37. The zero-order valence-electron chi connectivity index (χ0n) is 14.3. The summed E-state index contributed by atoms with van der Waals surface area (Å²) in [5.74, 6) is 0.944. The molecule has 1 spiro atoms. The van der Waals surface area contributed by atoms with Crippen molar-refractivity contribution < 1.29 is 4.74 Å². The van der Waals surface area contributed by atoms with Gasteiger partial charge < -0.3 is 10.5 Å². The Balaban J connectivity index is 1.87. The zero-order valence-corrected chi connectivity index (χ0v) is 14.3. The Morgan fingerprint density at radius 3 is 2.44 bits per heavy atom. The third-order valence-corrected chi connectivity index (χ3v) is 5.75. The predicted octanol–water partition coefficient (Wildman–Crippen LogP) is 5.43. The molecule has 25 heavy (non-hydrogen) atoms. The van der Waals surface area contributed by atoms with Gasteiger partial charge in [-0.1, -0.05) is 43.2 Å². The van der Waals surface area contributed by atoms with Crippen LogP contribution in [0.1, 0.15) is 44.1 Å². The number of nitrogens with zero attached hydrogens (tertiary/aromatic N) is 1. The summed E-state index contributed by atoms with van der Waals surface area (Å²) in [7, 11) is 0. The van der Waals surface area contributed by atoms with Crippen LogP contribution in [-0.2, 0) is 5.60 Å². The third-order valence-electron chi connectivity index (χ3n) is 5.75. The van der Waals surface area contributed by atoms with E-state index in [1.807, 2.05) is 30.3 Å². The van der Waals surface area contributed by atoms with Crippen molar-refractivity contribution in [3.8, 4) is 17.0 Å². The lowest BCUT2D eigenvalue weighted by molar-refractivity contribution is 0.0471. The zero-order chi connectivity index (χ0) is 16.9. The van der Waals surface area contributed by atoms with Crippen LogP contribution in [0.2, 0.25) is 0 Å². The van der Waals surface area contributed by atoms with Crippen molar-refractivity contribution >= 4 is 16.6 Å². The molecule has 2 N–H and O–H groups in total. The summed E-state index contributed by atoms with van der Waals surface area (Å²) in [6, 6.07) is 16.4. The summed E-state index contributed by atoms with van der Waals surface area (Å²) >= 11 is 0. The topological polar surface area (TPSA) is 48.1 Å². The number of hydrogen-bond acceptors (Lipinski definition) is 3. The molecule has 0 unspecified atom stereocenters. The minimum Gasteiger partial charge on any atom is -0.482 e. The van der Waals surface area contributed by atoms with E-state index in [-0.39, 0.29) is 5.60 Å². The van der Waals surface area contributed by atoms with E-state index >= 15 is 0 Å². The van der Waals surface area contributed by atoms with Crippen molar-refractivity contribution in [2.24, 2.45) is 0 Å². The van der Waals surface area contributed by atoms with Crippen LogP contribution in [0.5, 0.6) is 5.75 Å². The Kier molecular flexibility index (Phi) is 3.24. The maximum absolute atomic E-state index is 6.73. The van der Waals surface area contributed by atoms with Gasteiger partial charge in [-0.3, -0.25) is 0 Å². The second-order valence-corrected chi connectivity index (χ2v) is 7.27. The highest BCUT2D eigenvalue weighted by molar-refractivity contribution is 5.97. The SMILES string of the molecule is Nc1c2c(nc3ccccc13)-c1ccccc1OC21CCCCCC1. The molecule has 1 aromatic heterocycles. The van der Waals surface area contributed by atoms with Gasteiger partial charge in [-0.05, 0) is 43.9 Å². The fourth-order valence-corrected chi connectivity index (χ4v) is 4.56. The molecule has 0 radical (unpaired) electrons. The Hall–Kier alpha value is -2.55. The average molecular weight is 330 g/mol. The number of pyridine rings is 1. The number of rotatable bonds is 0. The average Bonchev–Trinajstić information content (AvgIpc) is 2.88. The second-order valence-electron chi connectivity index (χ2n) is 7.27. The number of nitrogens with two attached hydrogens (primary N) is 1. The molecule has 3 nitrogen and oxygen atoms in total. The molecule has 1 fully saturated rings. The number of hydrogen-bond donors (Lipinski definition) is 1.